The number of unbranched alkanes of at least 4 members (excludes halogenated alkanes) is 2. The highest BCUT2D eigenvalue weighted by Gasteiger charge is 2.40. The second kappa shape index (κ2) is 17.7. The molecule has 0 unspecified atom stereocenters. The summed E-state index contributed by atoms with van der Waals surface area (Å²) < 4.78 is 13.4. The van der Waals surface area contributed by atoms with Gasteiger partial charge in [0.15, 0.2) is 6.29 Å². The molecule has 0 radical (unpaired) electrons. The van der Waals surface area contributed by atoms with Crippen molar-refractivity contribution < 1.29 is 29.3 Å². The van der Waals surface area contributed by atoms with Gasteiger partial charge in [-0.25, -0.2) is 0 Å². The summed E-state index contributed by atoms with van der Waals surface area (Å²) in [5.74, 6) is 0.0680. The van der Waals surface area contributed by atoms with E-state index in [4.69, 9.17) is 9.47 Å². The number of ether oxygens (including phenoxy) is 2. The lowest BCUT2D eigenvalue weighted by atomic mass is 9.89. The molecular weight excluding hydrogens is 606 g/mol. The molecule has 258 valence electrons. The Morgan fingerprint density at radius 3 is 2.40 bits per heavy atom. The fourth-order valence-corrected chi connectivity index (χ4v) is 6.77. The molecule has 5 atom stereocenters. The van der Waals surface area contributed by atoms with Crippen LogP contribution < -0.4 is 10.6 Å². The molecule has 2 amide bonds. The first-order chi connectivity index (χ1) is 23.3. The van der Waals surface area contributed by atoms with Gasteiger partial charge in [0.25, 0.3) is 0 Å². The minimum Gasteiger partial charge on any atom is -0.395 e. The Morgan fingerprint density at radius 1 is 0.875 bits per heavy atom. The Balaban J connectivity index is 1.27. The number of carbonyl (C=O) groups excluding carboxylic acids is 2. The molecule has 2 aliphatic rings. The third kappa shape index (κ3) is 9.74. The van der Waals surface area contributed by atoms with E-state index < -0.39 is 6.29 Å². The molecule has 0 bridgehead atoms. The molecule has 2 fully saturated rings. The predicted octanol–water partition coefficient (Wildman–Crippen LogP) is 5.41. The van der Waals surface area contributed by atoms with Crippen LogP contribution in [0, 0.1) is 5.92 Å². The van der Waals surface area contributed by atoms with Crippen LogP contribution in [0.2, 0.25) is 0 Å². The topological polar surface area (TPSA) is 120 Å². The lowest BCUT2D eigenvalue weighted by Crippen LogP contribution is -2.46. The standard InChI is InChI=1S/C39H51N3O6/c1-27-36(24-42-20-8-13-35(42)26-44)47-39(48-38(27)31-17-15-29(25-43)16-18-31)34-12-7-11-33(22-34)32-10-6-9-30(21-32)23-41-37(46)14-4-3-5-19-40-28(2)45/h6-7,9-12,15-18,21-22,27,35-36,38-39,43-44H,3-5,8,13-14,19-20,23-26H2,1-2H3,(H,40,45)(H,41,46)/t27-,35+,36+,38+,39+/m1/s1. The van der Waals surface area contributed by atoms with E-state index in [0.29, 0.717) is 19.5 Å². The molecule has 5 rings (SSSR count). The molecule has 9 nitrogen and oxygen atoms in total. The zero-order chi connectivity index (χ0) is 33.9. The second-order valence-electron chi connectivity index (χ2n) is 13.2. The van der Waals surface area contributed by atoms with Gasteiger partial charge >= 0.3 is 0 Å². The molecule has 0 saturated carbocycles. The van der Waals surface area contributed by atoms with Crippen molar-refractivity contribution in [2.45, 2.75) is 90.1 Å². The summed E-state index contributed by atoms with van der Waals surface area (Å²) in [6.07, 6.45) is 4.20. The number of nitrogens with zero attached hydrogens (tertiary/aromatic N) is 1. The summed E-state index contributed by atoms with van der Waals surface area (Å²) in [7, 11) is 0. The smallest absolute Gasteiger partial charge is 0.220 e. The normalized spacial score (nSPS) is 22.8. The van der Waals surface area contributed by atoms with Crippen LogP contribution in [0.25, 0.3) is 11.1 Å². The van der Waals surface area contributed by atoms with Crippen molar-refractivity contribution in [1.82, 2.24) is 15.5 Å². The van der Waals surface area contributed by atoms with Crippen LogP contribution in [0.15, 0.2) is 72.8 Å². The predicted molar refractivity (Wildman–Crippen MR) is 186 cm³/mol. The first kappa shape index (κ1) is 35.7. The lowest BCUT2D eigenvalue weighted by molar-refractivity contribution is -0.276. The highest BCUT2D eigenvalue weighted by atomic mass is 16.7. The van der Waals surface area contributed by atoms with Crippen molar-refractivity contribution in [2.75, 3.05) is 26.2 Å². The number of likely N-dealkylation sites (tertiary alicyclic amines) is 1. The Kier molecular flexibility index (Phi) is 13.2. The molecular formula is C39H51N3O6. The average Bonchev–Trinajstić information content (AvgIpc) is 3.57. The maximum atomic E-state index is 12.5. The van der Waals surface area contributed by atoms with Crippen LogP contribution in [-0.2, 0) is 32.2 Å². The number of aliphatic hydroxyl groups is 2. The number of aliphatic hydroxyl groups excluding tert-OH is 2. The maximum absolute atomic E-state index is 12.5. The van der Waals surface area contributed by atoms with E-state index in [-0.39, 0.29) is 49.2 Å². The number of nitrogens with one attached hydrogen (secondary N) is 2. The van der Waals surface area contributed by atoms with Crippen LogP contribution in [0.1, 0.15) is 87.0 Å². The van der Waals surface area contributed by atoms with Gasteiger partial charge in [0.2, 0.25) is 11.8 Å². The fraction of sp³-hybridized carbons (Fsp3) is 0.487. The summed E-state index contributed by atoms with van der Waals surface area (Å²) in [5, 5.41) is 25.4. The minimum absolute atomic E-state index is 0.00425. The minimum atomic E-state index is -0.579. The maximum Gasteiger partial charge on any atom is 0.220 e. The van der Waals surface area contributed by atoms with E-state index in [1.165, 1.54) is 6.92 Å². The third-order valence-electron chi connectivity index (χ3n) is 9.61. The Hall–Kier alpha value is -3.60. The van der Waals surface area contributed by atoms with Crippen molar-refractivity contribution >= 4 is 11.8 Å². The highest BCUT2D eigenvalue weighted by molar-refractivity contribution is 5.76. The van der Waals surface area contributed by atoms with E-state index in [9.17, 15) is 19.8 Å². The number of hydrogen-bond donors (Lipinski definition) is 4. The molecule has 9 heteroatoms. The molecule has 2 aliphatic heterocycles. The van der Waals surface area contributed by atoms with Gasteiger partial charge in [-0.15, -0.1) is 0 Å². The highest BCUT2D eigenvalue weighted by Crippen LogP contribution is 2.43. The quantitative estimate of drug-likeness (QED) is 0.162. The van der Waals surface area contributed by atoms with E-state index in [0.717, 1.165) is 78.6 Å². The Morgan fingerprint density at radius 2 is 1.65 bits per heavy atom. The summed E-state index contributed by atoms with van der Waals surface area (Å²) in [6.45, 7) is 6.60. The van der Waals surface area contributed by atoms with Gasteiger partial charge in [0, 0.05) is 50.5 Å². The third-order valence-corrected chi connectivity index (χ3v) is 9.61. The van der Waals surface area contributed by atoms with E-state index in [2.05, 4.69) is 46.7 Å². The first-order valence-electron chi connectivity index (χ1n) is 17.4. The SMILES string of the molecule is CC(=O)NCCCCCC(=O)NCc1cccc(-c2cccc([C@H]3O[C@@H](CN4CCC[C@H]4CO)[C@@H](C)[C@@H](c4ccc(CO)cc4)O3)c2)c1. The van der Waals surface area contributed by atoms with Gasteiger partial charge in [0.05, 0.1) is 25.4 Å². The van der Waals surface area contributed by atoms with Gasteiger partial charge in [-0.05, 0) is 72.2 Å². The molecule has 2 saturated heterocycles. The molecule has 3 aromatic carbocycles. The number of rotatable bonds is 15. The number of amides is 2. The van der Waals surface area contributed by atoms with Gasteiger partial charge in [0.1, 0.15) is 0 Å². The largest absolute Gasteiger partial charge is 0.395 e. The molecule has 3 aromatic rings. The van der Waals surface area contributed by atoms with Gasteiger partial charge in [-0.3, -0.25) is 14.5 Å². The Labute approximate surface area is 284 Å². The van der Waals surface area contributed by atoms with Gasteiger partial charge < -0.3 is 30.3 Å². The first-order valence-corrected chi connectivity index (χ1v) is 17.4. The summed E-state index contributed by atoms with van der Waals surface area (Å²) >= 11 is 0. The molecule has 0 aliphatic carbocycles. The van der Waals surface area contributed by atoms with Crippen molar-refractivity contribution in [3.8, 4) is 11.1 Å². The van der Waals surface area contributed by atoms with Crippen LogP contribution in [0.4, 0.5) is 0 Å². The lowest BCUT2D eigenvalue weighted by Gasteiger charge is -2.43. The fourth-order valence-electron chi connectivity index (χ4n) is 6.77. The van der Waals surface area contributed by atoms with Crippen molar-refractivity contribution in [1.29, 1.82) is 0 Å². The van der Waals surface area contributed by atoms with Crippen molar-refractivity contribution in [3.05, 3.63) is 95.1 Å². The zero-order valence-electron chi connectivity index (χ0n) is 28.3. The van der Waals surface area contributed by atoms with E-state index >= 15 is 0 Å². The van der Waals surface area contributed by atoms with Crippen LogP contribution in [-0.4, -0.2) is 65.3 Å². The molecule has 0 aromatic heterocycles. The second-order valence-corrected chi connectivity index (χ2v) is 13.2. The van der Waals surface area contributed by atoms with E-state index in [1.807, 2.05) is 48.5 Å². The van der Waals surface area contributed by atoms with Gasteiger partial charge in [-0.2, -0.15) is 0 Å². The summed E-state index contributed by atoms with van der Waals surface area (Å²) in [4.78, 5) is 25.8. The average molecular weight is 658 g/mol. The van der Waals surface area contributed by atoms with Crippen LogP contribution in [0.3, 0.4) is 0 Å². The monoisotopic (exact) mass is 657 g/mol. The molecule has 4 N–H and O–H groups in total. The summed E-state index contributed by atoms with van der Waals surface area (Å²) in [6, 6.07) is 24.6. The number of hydrogen-bond acceptors (Lipinski definition) is 7. The number of carbonyl (C=O) groups is 2. The van der Waals surface area contributed by atoms with Crippen molar-refractivity contribution in [3.63, 3.8) is 0 Å². The van der Waals surface area contributed by atoms with Crippen LogP contribution >= 0.6 is 0 Å². The number of benzene rings is 3. The summed E-state index contributed by atoms with van der Waals surface area (Å²) in [5.41, 5.74) is 5.94. The Bertz CT molecular complexity index is 1480. The molecule has 48 heavy (non-hydrogen) atoms. The van der Waals surface area contributed by atoms with Crippen molar-refractivity contribution in [2.24, 2.45) is 5.92 Å². The molecule has 0 spiro atoms. The zero-order valence-corrected chi connectivity index (χ0v) is 28.3. The molecule has 2 heterocycles. The van der Waals surface area contributed by atoms with Gasteiger partial charge in [-0.1, -0.05) is 74.0 Å². The van der Waals surface area contributed by atoms with Crippen LogP contribution in [0.5, 0.6) is 0 Å². The van der Waals surface area contributed by atoms with E-state index in [1.54, 1.807) is 0 Å².